The highest BCUT2D eigenvalue weighted by atomic mass is 16.2. The van der Waals surface area contributed by atoms with Gasteiger partial charge in [-0.15, -0.1) is 0 Å². The van der Waals surface area contributed by atoms with Crippen LogP contribution in [0, 0.1) is 0 Å². The van der Waals surface area contributed by atoms with Gasteiger partial charge in [-0.2, -0.15) is 0 Å². The molecule has 16 heavy (non-hydrogen) atoms. The molecule has 1 aromatic rings. The van der Waals surface area contributed by atoms with E-state index in [0.717, 1.165) is 0 Å². The maximum atomic E-state index is 11.5. The van der Waals surface area contributed by atoms with Crippen LogP contribution in [0.4, 0.5) is 0 Å². The van der Waals surface area contributed by atoms with Crippen LogP contribution in [0.5, 0.6) is 0 Å². The quantitative estimate of drug-likeness (QED) is 0.630. The largest absolute Gasteiger partial charge is 0.352 e. The lowest BCUT2D eigenvalue weighted by atomic mass is 10.1. The van der Waals surface area contributed by atoms with Crippen LogP contribution < -0.4 is 16.4 Å². The third kappa shape index (κ3) is 3.06. The number of carbonyl (C=O) groups excluding carboxylic acids is 2. The van der Waals surface area contributed by atoms with Crippen LogP contribution in [-0.2, 0) is 0 Å². The molecule has 0 aromatic heterocycles. The van der Waals surface area contributed by atoms with Crippen LogP contribution in [0.15, 0.2) is 24.3 Å². The first-order valence-corrected chi connectivity index (χ1v) is 5.05. The molecular weight excluding hydrogens is 206 g/mol. The summed E-state index contributed by atoms with van der Waals surface area (Å²) in [5, 5.41) is 5.13. The van der Waals surface area contributed by atoms with Crippen LogP contribution in [0.3, 0.4) is 0 Å². The van der Waals surface area contributed by atoms with Crippen molar-refractivity contribution in [1.29, 1.82) is 0 Å². The van der Waals surface area contributed by atoms with E-state index in [1.54, 1.807) is 18.2 Å². The van der Waals surface area contributed by atoms with Crippen LogP contribution in [0.2, 0.25) is 0 Å². The third-order valence-corrected chi connectivity index (χ3v) is 1.99. The molecule has 0 aliphatic carbocycles. The van der Waals surface area contributed by atoms with E-state index in [-0.39, 0.29) is 18.5 Å². The lowest BCUT2D eigenvalue weighted by molar-refractivity contribution is 0.0954. The van der Waals surface area contributed by atoms with E-state index in [1.165, 1.54) is 6.07 Å². The monoisotopic (exact) mass is 221 g/mol. The van der Waals surface area contributed by atoms with Crippen molar-refractivity contribution in [3.8, 4) is 0 Å². The molecule has 1 rings (SSSR count). The zero-order chi connectivity index (χ0) is 12.0. The van der Waals surface area contributed by atoms with Gasteiger partial charge >= 0.3 is 0 Å². The number of amides is 2. The Hall–Kier alpha value is -1.88. The fourth-order valence-electron chi connectivity index (χ4n) is 1.26. The minimum Gasteiger partial charge on any atom is -0.352 e. The van der Waals surface area contributed by atoms with Crippen molar-refractivity contribution in [1.82, 2.24) is 10.6 Å². The van der Waals surface area contributed by atoms with E-state index in [1.807, 2.05) is 6.92 Å². The third-order valence-electron chi connectivity index (χ3n) is 1.99. The molecular formula is C11H15N3O2. The molecule has 1 aromatic carbocycles. The van der Waals surface area contributed by atoms with E-state index in [4.69, 9.17) is 5.73 Å². The van der Waals surface area contributed by atoms with Crippen molar-refractivity contribution in [2.75, 3.05) is 13.2 Å². The Morgan fingerprint density at radius 3 is 2.25 bits per heavy atom. The minimum absolute atomic E-state index is 0.0736. The van der Waals surface area contributed by atoms with Gasteiger partial charge in [0.25, 0.3) is 11.8 Å². The minimum atomic E-state index is -0.284. The lowest BCUT2D eigenvalue weighted by Gasteiger charge is -2.05. The average Bonchev–Trinajstić information content (AvgIpc) is 2.30. The SMILES string of the molecule is CCNC(=O)c1cccc(C(=O)NCN)c1. The summed E-state index contributed by atoms with van der Waals surface area (Å²) in [4.78, 5) is 23.0. The molecule has 86 valence electrons. The molecule has 0 radical (unpaired) electrons. The van der Waals surface area contributed by atoms with E-state index in [2.05, 4.69) is 10.6 Å². The normalized spacial score (nSPS) is 9.62. The van der Waals surface area contributed by atoms with Crippen molar-refractivity contribution in [3.63, 3.8) is 0 Å². The molecule has 5 heteroatoms. The Balaban J connectivity index is 2.86. The zero-order valence-electron chi connectivity index (χ0n) is 9.12. The van der Waals surface area contributed by atoms with E-state index in [0.29, 0.717) is 17.7 Å². The van der Waals surface area contributed by atoms with Gasteiger partial charge in [0, 0.05) is 17.7 Å². The Kier molecular flexibility index (Phi) is 4.47. The highest BCUT2D eigenvalue weighted by Gasteiger charge is 2.08. The molecule has 0 saturated carbocycles. The lowest BCUT2D eigenvalue weighted by Crippen LogP contribution is -2.29. The van der Waals surface area contributed by atoms with Gasteiger partial charge in [-0.1, -0.05) is 6.07 Å². The van der Waals surface area contributed by atoms with Gasteiger partial charge in [-0.05, 0) is 25.1 Å². The Bertz CT molecular complexity index is 357. The van der Waals surface area contributed by atoms with Crippen LogP contribution in [-0.4, -0.2) is 25.0 Å². The molecule has 0 saturated heterocycles. The summed E-state index contributed by atoms with van der Waals surface area (Å²) >= 11 is 0. The number of nitrogens with two attached hydrogens (primary N) is 1. The van der Waals surface area contributed by atoms with Gasteiger partial charge in [0.05, 0.1) is 6.67 Å². The summed E-state index contributed by atoms with van der Waals surface area (Å²) < 4.78 is 0. The number of nitrogens with one attached hydrogen (secondary N) is 2. The molecule has 2 amide bonds. The van der Waals surface area contributed by atoms with Gasteiger partial charge in [-0.3, -0.25) is 9.59 Å². The Morgan fingerprint density at radius 2 is 1.75 bits per heavy atom. The predicted molar refractivity (Wildman–Crippen MR) is 61.0 cm³/mol. The molecule has 0 heterocycles. The second kappa shape index (κ2) is 5.87. The van der Waals surface area contributed by atoms with Gasteiger partial charge in [0.2, 0.25) is 0 Å². The van der Waals surface area contributed by atoms with E-state index >= 15 is 0 Å². The van der Waals surface area contributed by atoms with Crippen LogP contribution >= 0.6 is 0 Å². The number of rotatable bonds is 4. The molecule has 5 nitrogen and oxygen atoms in total. The summed E-state index contributed by atoms with van der Waals surface area (Å²) in [6, 6.07) is 6.49. The van der Waals surface area contributed by atoms with Crippen molar-refractivity contribution in [2.45, 2.75) is 6.92 Å². The molecule has 0 aliphatic heterocycles. The van der Waals surface area contributed by atoms with Gasteiger partial charge in [0.15, 0.2) is 0 Å². The van der Waals surface area contributed by atoms with Crippen molar-refractivity contribution >= 4 is 11.8 Å². The highest BCUT2D eigenvalue weighted by Crippen LogP contribution is 2.05. The first-order chi connectivity index (χ1) is 7.69. The smallest absolute Gasteiger partial charge is 0.252 e. The summed E-state index contributed by atoms with van der Waals surface area (Å²) in [6.07, 6.45) is 0. The first-order valence-electron chi connectivity index (χ1n) is 5.05. The number of benzene rings is 1. The van der Waals surface area contributed by atoms with Gasteiger partial charge < -0.3 is 16.4 Å². The van der Waals surface area contributed by atoms with Crippen molar-refractivity contribution in [3.05, 3.63) is 35.4 Å². The second-order valence-corrected chi connectivity index (χ2v) is 3.15. The average molecular weight is 221 g/mol. The second-order valence-electron chi connectivity index (χ2n) is 3.15. The van der Waals surface area contributed by atoms with Gasteiger partial charge in [-0.25, -0.2) is 0 Å². The van der Waals surface area contributed by atoms with Gasteiger partial charge in [0.1, 0.15) is 0 Å². The molecule has 0 atom stereocenters. The van der Waals surface area contributed by atoms with E-state index in [9.17, 15) is 9.59 Å². The summed E-state index contributed by atoms with van der Waals surface area (Å²) in [6.45, 7) is 2.46. The number of hydrogen-bond donors (Lipinski definition) is 3. The highest BCUT2D eigenvalue weighted by molar-refractivity contribution is 5.99. The van der Waals surface area contributed by atoms with E-state index < -0.39 is 0 Å². The Labute approximate surface area is 94.0 Å². The molecule has 0 unspecified atom stereocenters. The number of hydrogen-bond acceptors (Lipinski definition) is 3. The topological polar surface area (TPSA) is 84.2 Å². The predicted octanol–water partition coefficient (Wildman–Crippen LogP) is 0.0823. The van der Waals surface area contributed by atoms with Crippen LogP contribution in [0.1, 0.15) is 27.6 Å². The summed E-state index contributed by atoms with van der Waals surface area (Å²) in [5.41, 5.74) is 6.09. The van der Waals surface area contributed by atoms with Crippen LogP contribution in [0.25, 0.3) is 0 Å². The number of carbonyl (C=O) groups is 2. The Morgan fingerprint density at radius 1 is 1.19 bits per heavy atom. The molecule has 0 bridgehead atoms. The first kappa shape index (κ1) is 12.2. The summed E-state index contributed by atoms with van der Waals surface area (Å²) in [5.74, 6) is -0.474. The maximum Gasteiger partial charge on any atom is 0.252 e. The molecule has 4 N–H and O–H groups in total. The molecule has 0 aliphatic rings. The molecule has 0 fully saturated rings. The fourth-order valence-corrected chi connectivity index (χ4v) is 1.26. The molecule has 0 spiro atoms. The maximum absolute atomic E-state index is 11.5. The van der Waals surface area contributed by atoms with Crippen molar-refractivity contribution in [2.24, 2.45) is 5.73 Å². The van der Waals surface area contributed by atoms with Crippen molar-refractivity contribution < 1.29 is 9.59 Å². The fraction of sp³-hybridized carbons (Fsp3) is 0.273. The zero-order valence-corrected chi connectivity index (χ0v) is 9.12. The standard InChI is InChI=1S/C11H15N3O2/c1-2-13-10(15)8-4-3-5-9(6-8)11(16)14-7-12/h3-6H,2,7,12H2,1H3,(H,13,15)(H,14,16). The summed E-state index contributed by atoms with van der Waals surface area (Å²) in [7, 11) is 0.